The van der Waals surface area contributed by atoms with Crippen molar-refractivity contribution < 1.29 is 0 Å². The average molecular weight is 431 g/mol. The zero-order chi connectivity index (χ0) is 23.1. The van der Waals surface area contributed by atoms with Crippen LogP contribution < -0.4 is 21.1 Å². The monoisotopic (exact) mass is 430 g/mol. The van der Waals surface area contributed by atoms with E-state index in [1.807, 2.05) is 46.0 Å². The van der Waals surface area contributed by atoms with Gasteiger partial charge in [-0.25, -0.2) is 0 Å². The molecular formula is C26H34N6. The first-order valence-electron chi connectivity index (χ1n) is 11.4. The minimum Gasteiger partial charge on any atom is -0.370 e. The largest absolute Gasteiger partial charge is 0.370 e. The molecule has 6 heteroatoms. The zero-order valence-electron chi connectivity index (χ0n) is 19.9. The summed E-state index contributed by atoms with van der Waals surface area (Å²) in [6.07, 6.45) is 8.76. The number of aryl methyl sites for hydroxylation is 1. The van der Waals surface area contributed by atoms with E-state index in [0.29, 0.717) is 18.2 Å². The van der Waals surface area contributed by atoms with Gasteiger partial charge in [-0.2, -0.15) is 10.4 Å². The molecule has 0 bridgehead atoms. The second kappa shape index (κ2) is 10.9. The number of nitrogens with one attached hydrogen (secondary N) is 2. The van der Waals surface area contributed by atoms with Crippen molar-refractivity contribution in [3.63, 3.8) is 0 Å². The number of likely N-dealkylation sites (tertiary alicyclic amines) is 1. The lowest BCUT2D eigenvalue weighted by Crippen LogP contribution is -2.35. The van der Waals surface area contributed by atoms with E-state index in [-0.39, 0.29) is 0 Å². The Morgan fingerprint density at radius 2 is 2.09 bits per heavy atom. The molecule has 0 saturated carbocycles. The second-order valence-electron chi connectivity index (χ2n) is 8.21. The van der Waals surface area contributed by atoms with Crippen LogP contribution in [0.4, 0.5) is 5.82 Å². The third-order valence-corrected chi connectivity index (χ3v) is 6.20. The molecule has 168 valence electrons. The van der Waals surface area contributed by atoms with Gasteiger partial charge in [0.2, 0.25) is 0 Å². The van der Waals surface area contributed by atoms with Crippen LogP contribution in [0, 0.1) is 25.2 Å². The standard InChI is InChI=1S/C26H34N6/c1-6-9-23(32-13-12-22(17-32)28-5)14-25-24(7-2)19(4)30-31-26(25)29-16-21-11-8-10-20(15-27)18(21)3/h7-11,14,22,28H,6,12-13,16-17H2,1-5H3,(H,29,31)/b23-9-,24-7-,25-14+. The van der Waals surface area contributed by atoms with Crippen molar-refractivity contribution in [1.29, 1.82) is 5.26 Å². The molecule has 1 aliphatic rings. The van der Waals surface area contributed by atoms with Gasteiger partial charge < -0.3 is 15.5 Å². The van der Waals surface area contributed by atoms with Crippen molar-refractivity contribution in [2.75, 3.05) is 25.5 Å². The molecule has 1 aromatic heterocycles. The summed E-state index contributed by atoms with van der Waals surface area (Å²) in [5.41, 5.74) is 4.93. The van der Waals surface area contributed by atoms with E-state index < -0.39 is 0 Å². The molecule has 0 amide bonds. The first kappa shape index (κ1) is 23.5. The average Bonchev–Trinajstić information content (AvgIpc) is 3.28. The number of rotatable bonds is 7. The molecule has 2 N–H and O–H groups in total. The van der Waals surface area contributed by atoms with Crippen LogP contribution in [-0.2, 0) is 6.54 Å². The molecule has 1 saturated heterocycles. The number of hydrogen-bond acceptors (Lipinski definition) is 6. The molecule has 3 rings (SSSR count). The molecule has 1 atom stereocenters. The first-order valence-corrected chi connectivity index (χ1v) is 11.4. The number of nitrogens with zero attached hydrogens (tertiary/aromatic N) is 4. The number of benzene rings is 1. The molecule has 2 aromatic rings. The van der Waals surface area contributed by atoms with Gasteiger partial charge in [-0.1, -0.05) is 31.2 Å². The molecule has 6 nitrogen and oxygen atoms in total. The minimum absolute atomic E-state index is 0.520. The highest BCUT2D eigenvalue weighted by molar-refractivity contribution is 5.55. The molecule has 1 aromatic carbocycles. The first-order chi connectivity index (χ1) is 15.5. The summed E-state index contributed by atoms with van der Waals surface area (Å²) in [4.78, 5) is 2.45. The topological polar surface area (TPSA) is 76.9 Å². The third-order valence-electron chi connectivity index (χ3n) is 6.20. The highest BCUT2D eigenvalue weighted by Gasteiger charge is 2.21. The lowest BCUT2D eigenvalue weighted by Gasteiger charge is -2.20. The fourth-order valence-corrected chi connectivity index (χ4v) is 4.24. The van der Waals surface area contributed by atoms with Gasteiger partial charge in [-0.15, -0.1) is 5.10 Å². The molecular weight excluding hydrogens is 396 g/mol. The summed E-state index contributed by atoms with van der Waals surface area (Å²) < 4.78 is 0. The molecule has 2 heterocycles. The van der Waals surface area contributed by atoms with E-state index in [9.17, 15) is 5.26 Å². The Hall–Kier alpha value is -3.17. The SMILES string of the molecule is C/C=c1/c(C)nnc(NCc2cccc(C#N)c2C)/c1=C/C(=C/CC)N1CCC(NC)C1. The van der Waals surface area contributed by atoms with Crippen LogP contribution in [0.25, 0.3) is 12.2 Å². The van der Waals surface area contributed by atoms with Crippen molar-refractivity contribution >= 4 is 18.0 Å². The van der Waals surface area contributed by atoms with Crippen molar-refractivity contribution in [1.82, 2.24) is 20.4 Å². The number of allylic oxidation sites excluding steroid dienone is 2. The van der Waals surface area contributed by atoms with Gasteiger partial charge >= 0.3 is 0 Å². The van der Waals surface area contributed by atoms with E-state index in [1.165, 1.54) is 5.70 Å². The number of aromatic nitrogens is 2. The van der Waals surface area contributed by atoms with Gasteiger partial charge in [0.05, 0.1) is 17.3 Å². The molecule has 1 fully saturated rings. The van der Waals surface area contributed by atoms with Crippen LogP contribution in [0.1, 0.15) is 49.1 Å². The van der Waals surface area contributed by atoms with Crippen LogP contribution in [0.2, 0.25) is 0 Å². The quantitative estimate of drug-likeness (QED) is 0.703. The van der Waals surface area contributed by atoms with Gasteiger partial charge in [0, 0.05) is 41.8 Å². The molecule has 1 unspecified atom stereocenters. The van der Waals surface area contributed by atoms with E-state index in [1.54, 1.807) is 0 Å². The molecule has 0 radical (unpaired) electrons. The van der Waals surface area contributed by atoms with Crippen LogP contribution >= 0.6 is 0 Å². The molecule has 0 aliphatic carbocycles. The van der Waals surface area contributed by atoms with Gasteiger partial charge in [0.1, 0.15) is 0 Å². The Labute approximate surface area is 191 Å². The van der Waals surface area contributed by atoms with Gasteiger partial charge in [0.15, 0.2) is 5.82 Å². The predicted octanol–water partition coefficient (Wildman–Crippen LogP) is 2.75. The Balaban J connectivity index is 2.02. The maximum absolute atomic E-state index is 9.34. The Morgan fingerprint density at radius 1 is 1.28 bits per heavy atom. The summed E-state index contributed by atoms with van der Waals surface area (Å²) in [6.45, 7) is 10.8. The van der Waals surface area contributed by atoms with Crippen molar-refractivity contribution in [3.05, 3.63) is 62.8 Å². The summed E-state index contributed by atoms with van der Waals surface area (Å²) in [5.74, 6) is 0.761. The van der Waals surface area contributed by atoms with Crippen molar-refractivity contribution in [2.24, 2.45) is 0 Å². The Morgan fingerprint density at radius 3 is 2.75 bits per heavy atom. The van der Waals surface area contributed by atoms with Crippen molar-refractivity contribution in [3.8, 4) is 6.07 Å². The second-order valence-corrected chi connectivity index (χ2v) is 8.21. The van der Waals surface area contributed by atoms with Crippen LogP contribution in [-0.4, -0.2) is 41.3 Å². The number of hydrogen-bond donors (Lipinski definition) is 2. The Bertz CT molecular complexity index is 1140. The third kappa shape index (κ3) is 5.17. The van der Waals surface area contributed by atoms with Crippen molar-refractivity contribution in [2.45, 2.75) is 53.1 Å². The van der Waals surface area contributed by atoms with Crippen LogP contribution in [0.15, 0.2) is 30.0 Å². The highest BCUT2D eigenvalue weighted by atomic mass is 15.2. The zero-order valence-corrected chi connectivity index (χ0v) is 19.9. The summed E-state index contributed by atoms with van der Waals surface area (Å²) in [5, 5.41) is 27.3. The maximum Gasteiger partial charge on any atom is 0.156 e. The van der Waals surface area contributed by atoms with Gasteiger partial charge in [0.25, 0.3) is 0 Å². The number of likely N-dealkylation sites (N-methyl/N-ethyl adjacent to an activating group) is 1. The van der Waals surface area contributed by atoms with E-state index in [4.69, 9.17) is 0 Å². The van der Waals surface area contributed by atoms with Gasteiger partial charge in [-0.3, -0.25) is 0 Å². The lowest BCUT2D eigenvalue weighted by molar-refractivity contribution is 0.428. The highest BCUT2D eigenvalue weighted by Crippen LogP contribution is 2.17. The van der Waals surface area contributed by atoms with Gasteiger partial charge in [-0.05, 0) is 63.9 Å². The summed E-state index contributed by atoms with van der Waals surface area (Å²) in [7, 11) is 2.03. The minimum atomic E-state index is 0.520. The number of anilines is 1. The van der Waals surface area contributed by atoms with E-state index in [0.717, 1.165) is 59.0 Å². The van der Waals surface area contributed by atoms with E-state index in [2.05, 4.69) is 57.0 Å². The van der Waals surface area contributed by atoms with Crippen LogP contribution in [0.3, 0.4) is 0 Å². The summed E-state index contributed by atoms with van der Waals surface area (Å²) >= 11 is 0. The molecule has 1 aliphatic heterocycles. The predicted molar refractivity (Wildman–Crippen MR) is 131 cm³/mol. The molecule has 32 heavy (non-hydrogen) atoms. The molecule has 0 spiro atoms. The lowest BCUT2D eigenvalue weighted by atomic mass is 10.0. The summed E-state index contributed by atoms with van der Waals surface area (Å²) in [6, 6.07) is 8.61. The smallest absolute Gasteiger partial charge is 0.156 e. The Kier molecular flexibility index (Phi) is 8.02. The fraction of sp³-hybridized carbons (Fsp3) is 0.423. The van der Waals surface area contributed by atoms with E-state index >= 15 is 0 Å². The van der Waals surface area contributed by atoms with Crippen LogP contribution in [0.5, 0.6) is 0 Å². The number of nitriles is 1. The maximum atomic E-state index is 9.34. The normalized spacial score (nSPS) is 17.7. The fourth-order valence-electron chi connectivity index (χ4n) is 4.24.